The lowest BCUT2D eigenvalue weighted by Gasteiger charge is -2.32. The van der Waals surface area contributed by atoms with E-state index < -0.39 is 0 Å². The third kappa shape index (κ3) is 2.53. The molecule has 1 aliphatic rings. The van der Waals surface area contributed by atoms with Crippen LogP contribution in [0.2, 0.25) is 0 Å². The van der Waals surface area contributed by atoms with E-state index >= 15 is 0 Å². The third-order valence-electron chi connectivity index (χ3n) is 3.02. The summed E-state index contributed by atoms with van der Waals surface area (Å²) in [6.07, 6.45) is 3.97. The van der Waals surface area contributed by atoms with Gasteiger partial charge >= 0.3 is 0 Å². The zero-order chi connectivity index (χ0) is 11.8. The number of pyridine rings is 1. The molecule has 1 aromatic heterocycles. The van der Waals surface area contributed by atoms with E-state index in [1.54, 1.807) is 0 Å². The number of rotatable bonds is 2. The van der Waals surface area contributed by atoms with Gasteiger partial charge in [0.1, 0.15) is 6.10 Å². The molecule has 16 heavy (non-hydrogen) atoms. The maximum Gasteiger partial charge on any atom is 0.213 e. The fraction of sp³-hybridized carbons (Fsp3) is 0.615. The van der Waals surface area contributed by atoms with Gasteiger partial charge < -0.3 is 10.5 Å². The van der Waals surface area contributed by atoms with Gasteiger partial charge in [-0.15, -0.1) is 0 Å². The molecule has 1 fully saturated rings. The number of nitrogens with two attached hydrogens (primary N) is 1. The minimum atomic E-state index is 0.136. The van der Waals surface area contributed by atoms with E-state index in [0.717, 1.165) is 18.7 Å². The highest BCUT2D eigenvalue weighted by Crippen LogP contribution is 2.27. The number of hydrogen-bond donors (Lipinski definition) is 1. The first-order valence-corrected chi connectivity index (χ1v) is 5.84. The zero-order valence-electron chi connectivity index (χ0n) is 10.2. The van der Waals surface area contributed by atoms with Crippen LogP contribution < -0.4 is 10.5 Å². The Hall–Kier alpha value is -1.09. The molecular formula is C13H20N2O. The Kier molecular flexibility index (Phi) is 2.89. The van der Waals surface area contributed by atoms with Crippen molar-refractivity contribution in [2.45, 2.75) is 51.2 Å². The normalized spacial score (nSPS) is 25.0. The van der Waals surface area contributed by atoms with Gasteiger partial charge in [0.2, 0.25) is 5.88 Å². The van der Waals surface area contributed by atoms with Gasteiger partial charge in [-0.1, -0.05) is 20.8 Å². The quantitative estimate of drug-likeness (QED) is 0.831. The molecule has 0 aromatic carbocycles. The Balaban J connectivity index is 2.05. The highest BCUT2D eigenvalue weighted by molar-refractivity contribution is 5.26. The molecule has 2 rings (SSSR count). The minimum Gasteiger partial charge on any atom is -0.474 e. The lowest BCUT2D eigenvalue weighted by Crippen LogP contribution is -2.43. The summed E-state index contributed by atoms with van der Waals surface area (Å²) < 4.78 is 5.77. The monoisotopic (exact) mass is 220 g/mol. The van der Waals surface area contributed by atoms with Crippen LogP contribution in [-0.2, 0) is 5.41 Å². The van der Waals surface area contributed by atoms with Gasteiger partial charge in [-0.05, 0) is 29.9 Å². The predicted octanol–water partition coefficient (Wildman–Crippen LogP) is 2.25. The van der Waals surface area contributed by atoms with E-state index in [2.05, 4.69) is 25.8 Å². The van der Waals surface area contributed by atoms with Gasteiger partial charge in [-0.2, -0.15) is 0 Å². The summed E-state index contributed by atoms with van der Waals surface area (Å²) in [5.74, 6) is 0.726. The van der Waals surface area contributed by atoms with Crippen molar-refractivity contribution in [3.63, 3.8) is 0 Å². The van der Waals surface area contributed by atoms with E-state index in [0.29, 0.717) is 6.04 Å². The molecule has 0 amide bonds. The van der Waals surface area contributed by atoms with Crippen LogP contribution in [0.5, 0.6) is 5.88 Å². The zero-order valence-corrected chi connectivity index (χ0v) is 10.2. The Morgan fingerprint density at radius 2 is 2.06 bits per heavy atom. The molecule has 0 atom stereocenters. The molecule has 3 heteroatoms. The third-order valence-corrected chi connectivity index (χ3v) is 3.02. The molecular weight excluding hydrogens is 200 g/mol. The van der Waals surface area contributed by atoms with Gasteiger partial charge in [-0.25, -0.2) is 4.98 Å². The van der Waals surface area contributed by atoms with Crippen LogP contribution in [0.1, 0.15) is 39.2 Å². The average molecular weight is 220 g/mol. The second-order valence-corrected chi connectivity index (χ2v) is 5.60. The topological polar surface area (TPSA) is 48.1 Å². The largest absolute Gasteiger partial charge is 0.474 e. The molecule has 0 saturated heterocycles. The molecule has 3 nitrogen and oxygen atoms in total. The molecule has 1 heterocycles. The fourth-order valence-corrected chi connectivity index (χ4v) is 1.81. The standard InChI is InChI=1S/C13H20N2O/c1-13(2,3)9-4-5-15-12(6-9)16-11-7-10(14)8-11/h4-6,10-11H,7-8,14H2,1-3H3/t10-,11+. The van der Waals surface area contributed by atoms with Gasteiger partial charge in [0.15, 0.2) is 0 Å². The van der Waals surface area contributed by atoms with E-state index in [4.69, 9.17) is 10.5 Å². The summed E-state index contributed by atoms with van der Waals surface area (Å²) in [6, 6.07) is 4.39. The molecule has 0 spiro atoms. The van der Waals surface area contributed by atoms with Crippen molar-refractivity contribution in [3.05, 3.63) is 23.9 Å². The van der Waals surface area contributed by atoms with Crippen LogP contribution in [0.4, 0.5) is 0 Å². The van der Waals surface area contributed by atoms with Gasteiger partial charge in [0, 0.05) is 18.3 Å². The van der Waals surface area contributed by atoms with Crippen molar-refractivity contribution in [1.82, 2.24) is 4.98 Å². The SMILES string of the molecule is CC(C)(C)c1ccnc(O[C@H]2C[C@@H](N)C2)c1. The first-order valence-electron chi connectivity index (χ1n) is 5.84. The second kappa shape index (κ2) is 4.06. The summed E-state index contributed by atoms with van der Waals surface area (Å²) in [4.78, 5) is 4.24. The van der Waals surface area contributed by atoms with Gasteiger partial charge in [-0.3, -0.25) is 0 Å². The molecule has 0 bridgehead atoms. The highest BCUT2D eigenvalue weighted by atomic mass is 16.5. The second-order valence-electron chi connectivity index (χ2n) is 5.60. The maximum absolute atomic E-state index is 5.77. The Bertz CT molecular complexity index is 364. The molecule has 0 aliphatic heterocycles. The summed E-state index contributed by atoms with van der Waals surface area (Å²) >= 11 is 0. The van der Waals surface area contributed by atoms with Crippen molar-refractivity contribution in [2.75, 3.05) is 0 Å². The van der Waals surface area contributed by atoms with E-state index in [1.165, 1.54) is 5.56 Å². The average Bonchev–Trinajstić information content (AvgIpc) is 2.14. The van der Waals surface area contributed by atoms with Gasteiger partial charge in [0.05, 0.1) is 0 Å². The summed E-state index contributed by atoms with van der Waals surface area (Å²) in [5.41, 5.74) is 7.11. The smallest absolute Gasteiger partial charge is 0.213 e. The fourth-order valence-electron chi connectivity index (χ4n) is 1.81. The van der Waals surface area contributed by atoms with Crippen LogP contribution in [0, 0.1) is 0 Å². The number of nitrogens with zero attached hydrogens (tertiary/aromatic N) is 1. The predicted molar refractivity (Wildman–Crippen MR) is 64.6 cm³/mol. The number of aromatic nitrogens is 1. The van der Waals surface area contributed by atoms with E-state index in [-0.39, 0.29) is 11.5 Å². The summed E-state index contributed by atoms with van der Waals surface area (Å²) in [7, 11) is 0. The molecule has 0 unspecified atom stereocenters. The van der Waals surface area contributed by atoms with E-state index in [9.17, 15) is 0 Å². The Morgan fingerprint density at radius 1 is 1.38 bits per heavy atom. The first kappa shape index (κ1) is 11.4. The number of hydrogen-bond acceptors (Lipinski definition) is 3. The summed E-state index contributed by atoms with van der Waals surface area (Å²) in [5, 5.41) is 0. The van der Waals surface area contributed by atoms with Crippen molar-refractivity contribution < 1.29 is 4.74 Å². The van der Waals surface area contributed by atoms with E-state index in [1.807, 2.05) is 18.3 Å². The molecule has 88 valence electrons. The molecule has 0 radical (unpaired) electrons. The van der Waals surface area contributed by atoms with Crippen LogP contribution in [0.3, 0.4) is 0 Å². The Labute approximate surface area is 97.0 Å². The van der Waals surface area contributed by atoms with Crippen molar-refractivity contribution in [3.8, 4) is 5.88 Å². The maximum atomic E-state index is 5.77. The molecule has 1 aliphatic carbocycles. The van der Waals surface area contributed by atoms with Crippen LogP contribution in [0.15, 0.2) is 18.3 Å². The number of ether oxygens (including phenoxy) is 1. The molecule has 2 N–H and O–H groups in total. The highest BCUT2D eigenvalue weighted by Gasteiger charge is 2.28. The van der Waals surface area contributed by atoms with Crippen molar-refractivity contribution >= 4 is 0 Å². The van der Waals surface area contributed by atoms with Crippen LogP contribution in [0.25, 0.3) is 0 Å². The van der Waals surface area contributed by atoms with Crippen molar-refractivity contribution in [2.24, 2.45) is 5.73 Å². The van der Waals surface area contributed by atoms with Crippen LogP contribution >= 0.6 is 0 Å². The first-order chi connectivity index (χ1) is 7.45. The minimum absolute atomic E-state index is 0.136. The summed E-state index contributed by atoms with van der Waals surface area (Å²) in [6.45, 7) is 6.56. The lowest BCUT2D eigenvalue weighted by atomic mass is 9.88. The van der Waals surface area contributed by atoms with Crippen molar-refractivity contribution in [1.29, 1.82) is 0 Å². The lowest BCUT2D eigenvalue weighted by molar-refractivity contribution is 0.0956. The molecule has 1 saturated carbocycles. The Morgan fingerprint density at radius 3 is 2.62 bits per heavy atom. The van der Waals surface area contributed by atoms with Gasteiger partial charge in [0.25, 0.3) is 0 Å². The van der Waals surface area contributed by atoms with Crippen LogP contribution in [-0.4, -0.2) is 17.1 Å². The molecule has 1 aromatic rings.